The van der Waals surface area contributed by atoms with Crippen LogP contribution >= 0.6 is 12.4 Å². The molecule has 0 bridgehead atoms. The van der Waals surface area contributed by atoms with Crippen molar-refractivity contribution in [1.82, 2.24) is 4.90 Å². The number of nitrogens with two attached hydrogens (primary N) is 1. The fourth-order valence-electron chi connectivity index (χ4n) is 2.72. The summed E-state index contributed by atoms with van der Waals surface area (Å²) in [4.78, 5) is 14.5. The number of hydrogen-bond acceptors (Lipinski definition) is 3. The van der Waals surface area contributed by atoms with Crippen LogP contribution < -0.4 is 10.5 Å². The van der Waals surface area contributed by atoms with Gasteiger partial charge in [-0.2, -0.15) is 0 Å². The highest BCUT2D eigenvalue weighted by molar-refractivity contribution is 5.94. The minimum Gasteiger partial charge on any atom is -0.491 e. The molecule has 4 nitrogen and oxygen atoms in total. The molecule has 1 aliphatic rings. The Morgan fingerprint density at radius 2 is 2.00 bits per heavy atom. The van der Waals surface area contributed by atoms with Gasteiger partial charge in [0.15, 0.2) is 0 Å². The highest BCUT2D eigenvalue weighted by Crippen LogP contribution is 2.28. The van der Waals surface area contributed by atoms with Gasteiger partial charge in [0.1, 0.15) is 5.75 Å². The van der Waals surface area contributed by atoms with Gasteiger partial charge in [-0.1, -0.05) is 20.8 Å². The third-order valence-electron chi connectivity index (χ3n) is 4.61. The normalized spacial score (nSPS) is 21.3. The molecule has 1 aromatic rings. The molecule has 1 amide bonds. The van der Waals surface area contributed by atoms with Crippen molar-refractivity contribution >= 4 is 18.3 Å². The minimum atomic E-state index is -0.0342. The third-order valence-corrected chi connectivity index (χ3v) is 4.61. The monoisotopic (exact) mass is 340 g/mol. The molecule has 0 saturated carbocycles. The lowest BCUT2D eigenvalue weighted by Gasteiger charge is -2.42. The molecule has 2 atom stereocenters. The van der Waals surface area contributed by atoms with Crippen molar-refractivity contribution in [2.75, 3.05) is 13.1 Å². The van der Waals surface area contributed by atoms with Gasteiger partial charge in [-0.05, 0) is 49.4 Å². The average molecular weight is 341 g/mol. The van der Waals surface area contributed by atoms with Crippen LogP contribution in [0.2, 0.25) is 0 Å². The summed E-state index contributed by atoms with van der Waals surface area (Å²) in [5, 5.41) is 0. The first kappa shape index (κ1) is 19.8. The Balaban J connectivity index is 0.00000264. The molecule has 0 radical (unpaired) electrons. The smallest absolute Gasteiger partial charge is 0.253 e. The Morgan fingerprint density at radius 1 is 1.39 bits per heavy atom. The Morgan fingerprint density at radius 3 is 2.52 bits per heavy atom. The van der Waals surface area contributed by atoms with Crippen molar-refractivity contribution in [2.45, 2.75) is 52.7 Å². The molecule has 2 rings (SSSR count). The van der Waals surface area contributed by atoms with Crippen LogP contribution in [-0.2, 0) is 0 Å². The summed E-state index contributed by atoms with van der Waals surface area (Å²) < 4.78 is 5.75. The molecule has 1 heterocycles. The molecule has 1 aliphatic heterocycles. The van der Waals surface area contributed by atoms with Crippen molar-refractivity contribution < 1.29 is 9.53 Å². The van der Waals surface area contributed by atoms with Gasteiger partial charge in [-0.15, -0.1) is 12.4 Å². The van der Waals surface area contributed by atoms with Gasteiger partial charge in [0.25, 0.3) is 5.91 Å². The number of carbonyl (C=O) groups is 1. The number of nitrogens with zero attached hydrogens (tertiary/aromatic N) is 1. The molecular weight excluding hydrogens is 312 g/mol. The van der Waals surface area contributed by atoms with Gasteiger partial charge < -0.3 is 15.4 Å². The predicted octanol–water partition coefficient (Wildman–Crippen LogP) is 3.49. The number of ether oxygens (including phenoxy) is 1. The molecule has 2 unspecified atom stereocenters. The minimum absolute atomic E-state index is 0. The van der Waals surface area contributed by atoms with E-state index in [1.165, 1.54) is 0 Å². The maximum absolute atomic E-state index is 12.6. The molecule has 0 aromatic heterocycles. The molecule has 2 N–H and O–H groups in total. The fourth-order valence-corrected chi connectivity index (χ4v) is 2.72. The fraction of sp³-hybridized carbons (Fsp3) is 0.611. The summed E-state index contributed by atoms with van der Waals surface area (Å²) in [6.07, 6.45) is 2.00. The Kier molecular flexibility index (Phi) is 6.90. The zero-order chi connectivity index (χ0) is 16.3. The van der Waals surface area contributed by atoms with E-state index in [1.54, 1.807) is 0 Å². The second kappa shape index (κ2) is 8.02. The van der Waals surface area contributed by atoms with E-state index in [2.05, 4.69) is 20.8 Å². The van der Waals surface area contributed by atoms with Crippen LogP contribution in [0.15, 0.2) is 24.3 Å². The van der Waals surface area contributed by atoms with Gasteiger partial charge in [-0.25, -0.2) is 0 Å². The summed E-state index contributed by atoms with van der Waals surface area (Å²) in [6.45, 7) is 9.82. The Labute approximate surface area is 145 Å². The first-order chi connectivity index (χ1) is 10.3. The van der Waals surface area contributed by atoms with Crippen molar-refractivity contribution in [3.8, 4) is 5.75 Å². The number of likely N-dealkylation sites (tertiary alicyclic amines) is 1. The molecule has 23 heavy (non-hydrogen) atoms. The Hall–Kier alpha value is -1.26. The van der Waals surface area contributed by atoms with Gasteiger partial charge in [0, 0.05) is 24.7 Å². The SMILES string of the molecule is CCC(C)Oc1ccc(C(=O)N2CCC(N)C(C)(C)C2)cc1.Cl. The maximum atomic E-state index is 12.6. The Bertz CT molecular complexity index is 516. The number of piperidine rings is 1. The van der Waals surface area contributed by atoms with Crippen LogP contribution in [0.25, 0.3) is 0 Å². The molecule has 1 saturated heterocycles. The lowest BCUT2D eigenvalue weighted by atomic mass is 9.79. The van der Waals surface area contributed by atoms with E-state index in [0.29, 0.717) is 12.1 Å². The first-order valence-electron chi connectivity index (χ1n) is 8.15. The van der Waals surface area contributed by atoms with Crippen molar-refractivity contribution in [3.05, 3.63) is 29.8 Å². The quantitative estimate of drug-likeness (QED) is 0.912. The van der Waals surface area contributed by atoms with Gasteiger partial charge in [0.2, 0.25) is 0 Å². The predicted molar refractivity (Wildman–Crippen MR) is 96.3 cm³/mol. The van der Waals surface area contributed by atoms with Gasteiger partial charge >= 0.3 is 0 Å². The summed E-state index contributed by atoms with van der Waals surface area (Å²) in [5.74, 6) is 0.891. The number of hydrogen-bond donors (Lipinski definition) is 1. The number of halogens is 1. The van der Waals surface area contributed by atoms with Crippen LogP contribution in [0.3, 0.4) is 0 Å². The average Bonchev–Trinajstić information content (AvgIpc) is 2.50. The highest BCUT2D eigenvalue weighted by atomic mass is 35.5. The van der Waals surface area contributed by atoms with Gasteiger partial charge in [0.05, 0.1) is 6.10 Å². The topological polar surface area (TPSA) is 55.6 Å². The number of carbonyl (C=O) groups excluding carboxylic acids is 1. The zero-order valence-electron chi connectivity index (χ0n) is 14.5. The van der Waals surface area contributed by atoms with Crippen LogP contribution in [0, 0.1) is 5.41 Å². The van der Waals surface area contributed by atoms with Crippen molar-refractivity contribution in [2.24, 2.45) is 11.1 Å². The highest BCUT2D eigenvalue weighted by Gasteiger charge is 2.35. The molecule has 5 heteroatoms. The zero-order valence-corrected chi connectivity index (χ0v) is 15.4. The lowest BCUT2D eigenvalue weighted by molar-refractivity contribution is 0.0533. The van der Waals surface area contributed by atoms with E-state index in [9.17, 15) is 4.79 Å². The van der Waals surface area contributed by atoms with E-state index in [1.807, 2.05) is 36.1 Å². The summed E-state index contributed by atoms with van der Waals surface area (Å²) in [6, 6.07) is 7.60. The molecule has 0 spiro atoms. The molecule has 0 aliphatic carbocycles. The van der Waals surface area contributed by atoms with E-state index >= 15 is 0 Å². The van der Waals surface area contributed by atoms with Gasteiger partial charge in [-0.3, -0.25) is 4.79 Å². The van der Waals surface area contributed by atoms with Crippen LogP contribution in [-0.4, -0.2) is 36.0 Å². The lowest BCUT2D eigenvalue weighted by Crippen LogP contribution is -2.53. The summed E-state index contributed by atoms with van der Waals surface area (Å²) >= 11 is 0. The summed E-state index contributed by atoms with van der Waals surface area (Å²) in [7, 11) is 0. The van der Waals surface area contributed by atoms with Crippen LogP contribution in [0.1, 0.15) is 50.9 Å². The summed E-state index contributed by atoms with van der Waals surface area (Å²) in [5.41, 5.74) is 6.82. The van der Waals surface area contributed by atoms with E-state index in [0.717, 1.165) is 25.1 Å². The number of amides is 1. The molecule has 1 fully saturated rings. The molecular formula is C18H29ClN2O2. The van der Waals surface area contributed by atoms with E-state index in [4.69, 9.17) is 10.5 Å². The van der Waals surface area contributed by atoms with Crippen LogP contribution in [0.5, 0.6) is 5.75 Å². The van der Waals surface area contributed by atoms with Crippen molar-refractivity contribution in [1.29, 1.82) is 0 Å². The number of rotatable bonds is 4. The number of benzene rings is 1. The largest absolute Gasteiger partial charge is 0.491 e. The second-order valence-corrected chi connectivity index (χ2v) is 6.97. The molecule has 130 valence electrons. The maximum Gasteiger partial charge on any atom is 0.253 e. The second-order valence-electron chi connectivity index (χ2n) is 6.97. The van der Waals surface area contributed by atoms with E-state index in [-0.39, 0.29) is 35.9 Å². The third kappa shape index (κ3) is 4.85. The molecule has 1 aromatic carbocycles. The van der Waals surface area contributed by atoms with Crippen molar-refractivity contribution in [3.63, 3.8) is 0 Å². The first-order valence-corrected chi connectivity index (χ1v) is 8.15. The standard InChI is InChI=1S/C18H28N2O2.ClH/c1-5-13(2)22-15-8-6-14(7-9-15)17(21)20-11-10-16(19)18(3,4)12-20;/h6-9,13,16H,5,10-12,19H2,1-4H3;1H. The van der Waals surface area contributed by atoms with Crippen LogP contribution in [0.4, 0.5) is 0 Å². The van der Waals surface area contributed by atoms with E-state index < -0.39 is 0 Å².